The van der Waals surface area contributed by atoms with E-state index in [-0.39, 0.29) is 36.8 Å². The van der Waals surface area contributed by atoms with Crippen molar-refractivity contribution in [2.24, 2.45) is 5.73 Å². The average molecular weight is 361 g/mol. The SMILES string of the molecule is C[N+]1(C2CC(C(N)=O)N(c3ccc(N)cc3)C2)CCCC1.Cl.[Cl-]. The van der Waals surface area contributed by atoms with E-state index in [9.17, 15) is 4.79 Å². The number of likely N-dealkylation sites (N-methyl/N-ethyl adjacent to an activating group) is 1. The van der Waals surface area contributed by atoms with Crippen LogP contribution in [0.3, 0.4) is 0 Å². The molecule has 1 aromatic rings. The van der Waals surface area contributed by atoms with Gasteiger partial charge in [0.1, 0.15) is 12.1 Å². The number of amides is 1. The molecule has 0 aliphatic carbocycles. The predicted molar refractivity (Wildman–Crippen MR) is 92.0 cm³/mol. The normalized spacial score (nSPS) is 25.5. The molecule has 0 spiro atoms. The molecule has 0 radical (unpaired) electrons. The van der Waals surface area contributed by atoms with Gasteiger partial charge >= 0.3 is 0 Å². The van der Waals surface area contributed by atoms with Crippen LogP contribution in [0.5, 0.6) is 0 Å². The van der Waals surface area contributed by atoms with Crippen molar-refractivity contribution in [3.8, 4) is 0 Å². The van der Waals surface area contributed by atoms with E-state index in [0.717, 1.165) is 28.8 Å². The fraction of sp³-hybridized carbons (Fsp3) is 0.562. The van der Waals surface area contributed by atoms with Gasteiger partial charge in [0, 0.05) is 30.6 Å². The summed E-state index contributed by atoms with van der Waals surface area (Å²) in [6.07, 6.45) is 3.43. The largest absolute Gasteiger partial charge is 1.00 e. The first-order valence-corrected chi connectivity index (χ1v) is 7.75. The van der Waals surface area contributed by atoms with Gasteiger partial charge in [0.05, 0.1) is 26.7 Å². The van der Waals surface area contributed by atoms with Gasteiger partial charge in [0.2, 0.25) is 5.91 Å². The van der Waals surface area contributed by atoms with Gasteiger partial charge in [-0.2, -0.15) is 0 Å². The number of nitrogen functional groups attached to an aromatic ring is 1. The molecule has 0 bridgehead atoms. The highest BCUT2D eigenvalue weighted by Crippen LogP contribution is 2.33. The number of primary amides is 1. The molecule has 1 amide bonds. The minimum atomic E-state index is -0.222. The van der Waals surface area contributed by atoms with Crippen molar-refractivity contribution in [3.05, 3.63) is 24.3 Å². The summed E-state index contributed by atoms with van der Waals surface area (Å²) in [4.78, 5) is 14.0. The number of quaternary nitrogens is 1. The summed E-state index contributed by atoms with van der Waals surface area (Å²) in [7, 11) is 2.32. The lowest BCUT2D eigenvalue weighted by atomic mass is 10.1. The first kappa shape index (κ1) is 19.9. The monoisotopic (exact) mass is 360 g/mol. The molecule has 2 saturated heterocycles. The molecule has 4 N–H and O–H groups in total. The fourth-order valence-electron chi connectivity index (χ4n) is 3.91. The molecule has 130 valence electrons. The lowest BCUT2D eigenvalue weighted by Gasteiger charge is -2.35. The lowest BCUT2D eigenvalue weighted by molar-refractivity contribution is -0.919. The zero-order chi connectivity index (χ0) is 15.0. The number of likely N-dealkylation sites (tertiary alicyclic amines) is 1. The Morgan fingerprint density at radius 3 is 2.30 bits per heavy atom. The van der Waals surface area contributed by atoms with Crippen molar-refractivity contribution in [3.63, 3.8) is 0 Å². The van der Waals surface area contributed by atoms with E-state index < -0.39 is 0 Å². The Balaban J connectivity index is 0.00000132. The third kappa shape index (κ3) is 3.84. The van der Waals surface area contributed by atoms with Gasteiger partial charge in [-0.15, -0.1) is 12.4 Å². The molecular formula is C16H26Cl2N4O. The van der Waals surface area contributed by atoms with Crippen LogP contribution in [0, 0.1) is 0 Å². The van der Waals surface area contributed by atoms with E-state index in [0.29, 0.717) is 6.04 Å². The van der Waals surface area contributed by atoms with Crippen LogP contribution in [-0.4, -0.2) is 49.2 Å². The Kier molecular flexibility index (Phi) is 6.57. The van der Waals surface area contributed by atoms with Crippen LogP contribution in [0.4, 0.5) is 11.4 Å². The van der Waals surface area contributed by atoms with Gasteiger partial charge in [-0.05, 0) is 24.3 Å². The number of benzene rings is 1. The second kappa shape index (κ2) is 7.60. The van der Waals surface area contributed by atoms with Gasteiger partial charge < -0.3 is 33.3 Å². The van der Waals surface area contributed by atoms with Crippen LogP contribution in [0.2, 0.25) is 0 Å². The fourth-order valence-corrected chi connectivity index (χ4v) is 3.91. The smallest absolute Gasteiger partial charge is 0.240 e. The number of carbonyl (C=O) groups is 1. The summed E-state index contributed by atoms with van der Waals surface area (Å²) < 4.78 is 1.08. The summed E-state index contributed by atoms with van der Waals surface area (Å²) in [5.41, 5.74) is 13.2. The summed E-state index contributed by atoms with van der Waals surface area (Å²) >= 11 is 0. The van der Waals surface area contributed by atoms with E-state index in [1.807, 2.05) is 24.3 Å². The number of carbonyl (C=O) groups excluding carboxylic acids is 1. The number of anilines is 2. The molecular weight excluding hydrogens is 335 g/mol. The molecule has 2 aliphatic heterocycles. The second-order valence-electron chi connectivity index (χ2n) is 6.69. The molecule has 2 aliphatic rings. The molecule has 3 rings (SSSR count). The van der Waals surface area contributed by atoms with E-state index in [4.69, 9.17) is 11.5 Å². The summed E-state index contributed by atoms with van der Waals surface area (Å²) in [5, 5.41) is 0. The number of hydrogen-bond donors (Lipinski definition) is 2. The molecule has 2 fully saturated rings. The van der Waals surface area contributed by atoms with Gasteiger partial charge in [-0.1, -0.05) is 0 Å². The van der Waals surface area contributed by atoms with Gasteiger partial charge in [0.25, 0.3) is 0 Å². The Bertz CT molecular complexity index is 531. The summed E-state index contributed by atoms with van der Waals surface area (Å²) in [6.45, 7) is 3.32. The lowest BCUT2D eigenvalue weighted by Crippen LogP contribution is -3.00. The molecule has 0 aromatic heterocycles. The van der Waals surface area contributed by atoms with Crippen LogP contribution in [0.25, 0.3) is 0 Å². The third-order valence-corrected chi connectivity index (χ3v) is 5.30. The Morgan fingerprint density at radius 2 is 1.78 bits per heavy atom. The molecule has 1 aromatic carbocycles. The van der Waals surface area contributed by atoms with Crippen molar-refractivity contribution < 1.29 is 21.7 Å². The number of nitrogens with two attached hydrogens (primary N) is 2. The Hall–Kier alpha value is -1.17. The van der Waals surface area contributed by atoms with Crippen molar-refractivity contribution in [1.82, 2.24) is 0 Å². The maximum absolute atomic E-state index is 11.9. The van der Waals surface area contributed by atoms with Gasteiger partial charge in [0.15, 0.2) is 0 Å². The highest BCUT2D eigenvalue weighted by atomic mass is 35.5. The van der Waals surface area contributed by atoms with E-state index in [2.05, 4.69) is 11.9 Å². The number of halogens is 2. The quantitative estimate of drug-likeness (QED) is 0.502. The molecule has 0 saturated carbocycles. The van der Waals surface area contributed by atoms with Crippen LogP contribution in [0.1, 0.15) is 19.3 Å². The Labute approximate surface area is 150 Å². The number of hydrogen-bond acceptors (Lipinski definition) is 3. The molecule has 7 heteroatoms. The predicted octanol–water partition coefficient (Wildman–Crippen LogP) is -1.63. The Morgan fingerprint density at radius 1 is 1.22 bits per heavy atom. The van der Waals surface area contributed by atoms with E-state index in [1.165, 1.54) is 25.9 Å². The van der Waals surface area contributed by atoms with Crippen LogP contribution in [0.15, 0.2) is 24.3 Å². The molecule has 23 heavy (non-hydrogen) atoms. The minimum Gasteiger partial charge on any atom is -1.00 e. The van der Waals surface area contributed by atoms with Crippen LogP contribution >= 0.6 is 12.4 Å². The maximum Gasteiger partial charge on any atom is 0.240 e. The summed E-state index contributed by atoms with van der Waals surface area (Å²) in [5.74, 6) is -0.222. The summed E-state index contributed by atoms with van der Waals surface area (Å²) in [6, 6.07) is 8.02. The average Bonchev–Trinajstić information content (AvgIpc) is 3.07. The number of rotatable bonds is 3. The third-order valence-electron chi connectivity index (χ3n) is 5.30. The highest BCUT2D eigenvalue weighted by Gasteiger charge is 2.46. The topological polar surface area (TPSA) is 72.4 Å². The van der Waals surface area contributed by atoms with Crippen molar-refractivity contribution in [2.75, 3.05) is 37.3 Å². The molecule has 2 heterocycles. The molecule has 5 nitrogen and oxygen atoms in total. The molecule has 2 unspecified atom stereocenters. The van der Waals surface area contributed by atoms with Crippen molar-refractivity contribution in [1.29, 1.82) is 0 Å². The highest BCUT2D eigenvalue weighted by molar-refractivity contribution is 5.85. The minimum absolute atomic E-state index is 0. The second-order valence-corrected chi connectivity index (χ2v) is 6.69. The first-order chi connectivity index (χ1) is 9.99. The number of nitrogens with zero attached hydrogens (tertiary/aromatic N) is 2. The zero-order valence-corrected chi connectivity index (χ0v) is 15.0. The van der Waals surface area contributed by atoms with Crippen LogP contribution < -0.4 is 28.8 Å². The van der Waals surface area contributed by atoms with Gasteiger partial charge in [-0.25, -0.2) is 0 Å². The van der Waals surface area contributed by atoms with Gasteiger partial charge in [-0.3, -0.25) is 4.79 Å². The molecule has 2 atom stereocenters. The maximum atomic E-state index is 11.9. The standard InChI is InChI=1S/C16H24N4O.2ClH/c1-20(8-2-3-9-20)14-10-15(16(18)21)19(11-14)13-6-4-12(17)5-7-13;;/h4-7,14-15H,2-3,8-11,17H2,1H3,(H-,18,21);2*1H. The van der Waals surface area contributed by atoms with E-state index >= 15 is 0 Å². The van der Waals surface area contributed by atoms with Crippen molar-refractivity contribution >= 4 is 29.7 Å². The van der Waals surface area contributed by atoms with Crippen LogP contribution in [-0.2, 0) is 4.79 Å². The van der Waals surface area contributed by atoms with Crippen molar-refractivity contribution in [2.45, 2.75) is 31.3 Å². The first-order valence-electron chi connectivity index (χ1n) is 7.75. The van der Waals surface area contributed by atoms with E-state index in [1.54, 1.807) is 0 Å². The zero-order valence-electron chi connectivity index (χ0n) is 13.5.